The number of hydrogen-bond acceptors (Lipinski definition) is 5. The third-order valence-corrected chi connectivity index (χ3v) is 12.7. The fourth-order valence-electron chi connectivity index (χ4n) is 4.67. The van der Waals surface area contributed by atoms with Crippen molar-refractivity contribution in [2.45, 2.75) is 103 Å². The minimum atomic E-state index is -1.47. The maximum Gasteiger partial charge on any atom is 0.410 e. The van der Waals surface area contributed by atoms with E-state index in [1.807, 2.05) is 11.9 Å². The number of terminal acetylenes is 2. The van der Waals surface area contributed by atoms with E-state index < -0.39 is 25.4 Å². The van der Waals surface area contributed by atoms with Gasteiger partial charge in [0.25, 0.3) is 0 Å². The summed E-state index contributed by atoms with van der Waals surface area (Å²) in [6, 6.07) is 0. The molecule has 6 nitrogen and oxygen atoms in total. The minimum absolute atomic E-state index is 0.151. The number of β-amino-alcohol motifs (C(OH)–C–C–N with tert-alkyl or cyclic N) is 1. The van der Waals surface area contributed by atoms with Crippen LogP contribution in [0.15, 0.2) is 0 Å². The van der Waals surface area contributed by atoms with E-state index in [1.54, 1.807) is 20.8 Å². The molecule has 1 atom stereocenters. The summed E-state index contributed by atoms with van der Waals surface area (Å²) in [5.41, 5.74) is 3.54. The fraction of sp³-hybridized carbons (Fsp3) is 0.778. The smallest absolute Gasteiger partial charge is 0.410 e. The molecule has 2 heterocycles. The number of carbonyl (C=O) groups is 2. The average molecular weight is 493 g/mol. The highest BCUT2D eigenvalue weighted by molar-refractivity contribution is 6.90. The Labute approximate surface area is 209 Å². The van der Waals surface area contributed by atoms with Crippen molar-refractivity contribution >= 4 is 20.0 Å². The van der Waals surface area contributed by atoms with Crippen molar-refractivity contribution < 1.29 is 19.4 Å². The van der Waals surface area contributed by atoms with Gasteiger partial charge in [-0.2, -0.15) is 0 Å². The zero-order chi connectivity index (χ0) is 26.9. The number of carbonyl (C=O) groups excluding carboxylic acids is 2. The van der Waals surface area contributed by atoms with E-state index in [4.69, 9.17) is 17.6 Å². The molecule has 0 aromatic rings. The molecule has 0 radical (unpaired) electrons. The van der Waals surface area contributed by atoms with Gasteiger partial charge in [-0.15, -0.1) is 18.4 Å². The summed E-state index contributed by atoms with van der Waals surface area (Å²) in [5, 5.41) is 9.73. The third kappa shape index (κ3) is 9.82. The minimum Gasteiger partial charge on any atom is -0.444 e. The number of hydrogen-bond donors (Lipinski definition) is 1. The van der Waals surface area contributed by atoms with Crippen LogP contribution in [0.4, 0.5) is 4.79 Å². The molecule has 0 bridgehead atoms. The Hall–Kier alpha value is -1.80. The lowest BCUT2D eigenvalue weighted by Gasteiger charge is -2.37. The van der Waals surface area contributed by atoms with Crippen molar-refractivity contribution in [1.29, 1.82) is 0 Å². The van der Waals surface area contributed by atoms with Gasteiger partial charge in [0.2, 0.25) is 0 Å². The Morgan fingerprint density at radius 3 is 1.79 bits per heavy atom. The molecule has 0 aliphatic carbocycles. The van der Waals surface area contributed by atoms with Crippen molar-refractivity contribution in [3.63, 3.8) is 0 Å². The van der Waals surface area contributed by atoms with Crippen LogP contribution in [0.3, 0.4) is 0 Å². The first-order chi connectivity index (χ1) is 15.4. The molecule has 2 aliphatic rings. The van der Waals surface area contributed by atoms with Gasteiger partial charge >= 0.3 is 6.09 Å². The number of aliphatic hydroxyl groups is 1. The first-order valence-electron chi connectivity index (χ1n) is 12.3. The second-order valence-electron chi connectivity index (χ2n) is 11.4. The second kappa shape index (κ2) is 13.3. The Morgan fingerprint density at radius 1 is 1.09 bits per heavy atom. The lowest BCUT2D eigenvalue weighted by Crippen LogP contribution is -2.43. The maximum atomic E-state index is 11.6. The highest BCUT2D eigenvalue weighted by Gasteiger charge is 2.41. The normalized spacial score (nSPS) is 20.9. The zero-order valence-electron chi connectivity index (χ0n) is 23.2. The van der Waals surface area contributed by atoms with E-state index in [0.717, 1.165) is 13.0 Å². The van der Waals surface area contributed by atoms with E-state index in [0.29, 0.717) is 41.9 Å². The van der Waals surface area contributed by atoms with E-state index >= 15 is 0 Å². The molecular weight excluding hydrogens is 444 g/mol. The zero-order valence-corrected chi connectivity index (χ0v) is 24.2. The molecule has 2 aliphatic heterocycles. The van der Waals surface area contributed by atoms with Gasteiger partial charge in [-0.25, -0.2) is 4.79 Å². The summed E-state index contributed by atoms with van der Waals surface area (Å²) in [4.78, 5) is 25.5. The average Bonchev–Trinajstić information content (AvgIpc) is 3.27. The molecule has 1 N–H and O–H groups in total. The number of rotatable bonds is 3. The number of ketones is 1. The fourth-order valence-corrected chi connectivity index (χ4v) is 9.67. The molecule has 1 amide bonds. The summed E-state index contributed by atoms with van der Waals surface area (Å²) in [6.45, 7) is 21.3. The summed E-state index contributed by atoms with van der Waals surface area (Å²) in [6.07, 6.45) is 11.6. The van der Waals surface area contributed by atoms with E-state index in [-0.39, 0.29) is 6.54 Å². The Morgan fingerprint density at radius 2 is 1.59 bits per heavy atom. The molecule has 0 spiro atoms. The maximum absolute atomic E-state index is 11.6. The van der Waals surface area contributed by atoms with Crippen LogP contribution in [0.1, 0.15) is 75.2 Å². The molecule has 7 heteroatoms. The van der Waals surface area contributed by atoms with E-state index in [1.165, 1.54) is 4.90 Å². The van der Waals surface area contributed by atoms with Crippen LogP contribution in [0, 0.1) is 24.3 Å². The summed E-state index contributed by atoms with van der Waals surface area (Å²) in [7, 11) is 0.489. The third-order valence-electron chi connectivity index (χ3n) is 6.50. The molecule has 0 saturated carbocycles. The molecule has 1 unspecified atom stereocenters. The van der Waals surface area contributed by atoms with Crippen molar-refractivity contribution in [2.75, 3.05) is 33.2 Å². The van der Waals surface area contributed by atoms with Gasteiger partial charge in [0.15, 0.2) is 0 Å². The van der Waals surface area contributed by atoms with Crippen molar-refractivity contribution in [1.82, 2.24) is 9.80 Å². The quantitative estimate of drug-likeness (QED) is 0.456. The SMILES string of the molecule is C#CC1(O)CCN(C(=O)OC(C)(C)C)C1.C#C[Si](C(C)C)(C(C)C)C(C)C.CN1CCC(=O)C1. The van der Waals surface area contributed by atoms with Crippen LogP contribution >= 0.6 is 0 Å². The van der Waals surface area contributed by atoms with Crippen LogP contribution in [0.25, 0.3) is 0 Å². The van der Waals surface area contributed by atoms with Gasteiger partial charge in [0, 0.05) is 25.9 Å². The largest absolute Gasteiger partial charge is 0.444 e. The lowest BCUT2D eigenvalue weighted by molar-refractivity contribution is -0.116. The predicted octanol–water partition coefficient (Wildman–Crippen LogP) is 4.72. The van der Waals surface area contributed by atoms with Crippen LogP contribution in [-0.4, -0.2) is 79.3 Å². The monoisotopic (exact) mass is 492 g/mol. The summed E-state index contributed by atoms with van der Waals surface area (Å²) in [5.74, 6) is 2.67. The second-order valence-corrected chi connectivity index (χ2v) is 17.0. The van der Waals surface area contributed by atoms with Crippen LogP contribution in [0.2, 0.25) is 16.6 Å². The number of ether oxygens (including phenoxy) is 1. The lowest BCUT2D eigenvalue weighted by atomic mass is 10.1. The van der Waals surface area contributed by atoms with E-state index in [2.05, 4.69) is 53.0 Å². The first-order valence-corrected chi connectivity index (χ1v) is 14.5. The Kier molecular flexibility index (Phi) is 12.6. The number of Topliss-reactive ketones (excluding diaryl/α,β-unsaturated/α-hetero) is 1. The highest BCUT2D eigenvalue weighted by Crippen LogP contribution is 2.40. The van der Waals surface area contributed by atoms with Gasteiger partial charge < -0.3 is 14.7 Å². The van der Waals surface area contributed by atoms with E-state index in [9.17, 15) is 14.7 Å². The Balaban J connectivity index is 0.000000511. The molecule has 2 fully saturated rings. The topological polar surface area (TPSA) is 70.1 Å². The highest BCUT2D eigenvalue weighted by atomic mass is 28.3. The summed E-state index contributed by atoms with van der Waals surface area (Å²) < 4.78 is 5.17. The predicted molar refractivity (Wildman–Crippen MR) is 143 cm³/mol. The Bertz CT molecular complexity index is 736. The molecule has 34 heavy (non-hydrogen) atoms. The van der Waals surface area contributed by atoms with Gasteiger partial charge in [-0.1, -0.05) is 47.5 Å². The van der Waals surface area contributed by atoms with Crippen LogP contribution in [0.5, 0.6) is 0 Å². The number of likely N-dealkylation sites (N-methyl/N-ethyl adjacent to an activating group) is 1. The standard InChI is InChI=1S/C11H17NO3.C11H22Si.C5H9NO/c1-5-11(14)6-7-12(8-11)9(13)15-10(2,3)4;1-8-12(9(2)3,10(4)5)11(6)7;1-6-3-2-5(7)4-6/h1,14H,6-8H2,2-4H3;1,9-11H,2-7H3;2-4H2,1H3. The first kappa shape index (κ1) is 32.2. The van der Waals surface area contributed by atoms with Gasteiger partial charge in [0.05, 0.1) is 13.1 Å². The molecular formula is C27H48N2O4Si. The molecule has 194 valence electrons. The van der Waals surface area contributed by atoms with Crippen molar-refractivity contribution in [2.24, 2.45) is 0 Å². The number of likely N-dealkylation sites (tertiary alicyclic amines) is 2. The molecule has 0 aromatic carbocycles. The molecule has 0 aromatic heterocycles. The molecule has 2 rings (SSSR count). The van der Waals surface area contributed by atoms with Gasteiger partial charge in [-0.05, 0) is 44.4 Å². The van der Waals surface area contributed by atoms with Gasteiger partial charge in [0.1, 0.15) is 25.1 Å². The summed E-state index contributed by atoms with van der Waals surface area (Å²) >= 11 is 0. The van der Waals surface area contributed by atoms with Crippen molar-refractivity contribution in [3.8, 4) is 24.3 Å². The van der Waals surface area contributed by atoms with Crippen molar-refractivity contribution in [3.05, 3.63) is 0 Å². The van der Waals surface area contributed by atoms with Crippen LogP contribution in [-0.2, 0) is 9.53 Å². The number of amides is 1. The number of nitrogens with zero attached hydrogens (tertiary/aromatic N) is 2. The van der Waals surface area contributed by atoms with Crippen LogP contribution < -0.4 is 0 Å². The van der Waals surface area contributed by atoms with Gasteiger partial charge in [-0.3, -0.25) is 9.69 Å². The molecule has 2 saturated heterocycles.